The molecule has 0 saturated carbocycles. The molecule has 0 spiro atoms. The van der Waals surface area contributed by atoms with Gasteiger partial charge in [0.05, 0.1) is 23.0 Å². The van der Waals surface area contributed by atoms with Crippen LogP contribution in [0, 0.1) is 0 Å². The van der Waals surface area contributed by atoms with Gasteiger partial charge in [-0.05, 0) is 35.3 Å². The number of hydrogen-bond donors (Lipinski definition) is 1. The van der Waals surface area contributed by atoms with Crippen molar-refractivity contribution in [1.82, 2.24) is 9.78 Å². The molecule has 1 aromatic heterocycles. The number of halogens is 2. The Morgan fingerprint density at radius 3 is 2.81 bits per heavy atom. The van der Waals surface area contributed by atoms with Crippen molar-refractivity contribution in [3.63, 3.8) is 0 Å². The van der Waals surface area contributed by atoms with E-state index >= 15 is 0 Å². The van der Waals surface area contributed by atoms with Crippen LogP contribution in [0.3, 0.4) is 0 Å². The summed E-state index contributed by atoms with van der Waals surface area (Å²) in [6, 6.07) is 0. The third kappa shape index (κ3) is 2.81. The number of aromatic nitrogens is 2. The van der Waals surface area contributed by atoms with Crippen LogP contribution in [-0.2, 0) is 17.5 Å². The van der Waals surface area contributed by atoms with Gasteiger partial charge in [0.2, 0.25) is 0 Å². The molecular weight excluding hydrogens is 277 g/mol. The number of nitrogens with zero attached hydrogens (tertiary/aromatic N) is 2. The van der Waals surface area contributed by atoms with E-state index in [1.807, 2.05) is 0 Å². The first-order chi connectivity index (χ1) is 7.55. The first kappa shape index (κ1) is 13.6. The summed E-state index contributed by atoms with van der Waals surface area (Å²) in [5.41, 5.74) is 4.38. The molecule has 16 heavy (non-hydrogen) atoms. The van der Waals surface area contributed by atoms with Crippen molar-refractivity contribution < 1.29 is 9.13 Å². The molecule has 6 heteroatoms. The number of nitrogens with two attached hydrogens (primary N) is 1. The molecule has 4 nitrogen and oxygen atoms in total. The quantitative estimate of drug-likeness (QED) is 0.869. The minimum Gasteiger partial charge on any atom is -0.381 e. The minimum atomic E-state index is -1.54. The number of methoxy groups -OCH3 is 1. The summed E-state index contributed by atoms with van der Waals surface area (Å²) >= 11 is 3.30. The van der Waals surface area contributed by atoms with Crippen molar-refractivity contribution >= 4 is 15.9 Å². The molecule has 0 aliphatic carbocycles. The molecule has 0 bridgehead atoms. The van der Waals surface area contributed by atoms with E-state index in [2.05, 4.69) is 21.0 Å². The predicted octanol–water partition coefficient (Wildman–Crippen LogP) is 1.73. The fourth-order valence-electron chi connectivity index (χ4n) is 1.78. The van der Waals surface area contributed by atoms with Gasteiger partial charge in [-0.15, -0.1) is 0 Å². The van der Waals surface area contributed by atoms with Gasteiger partial charge in [0.1, 0.15) is 0 Å². The maximum atomic E-state index is 14.8. The lowest BCUT2D eigenvalue weighted by molar-refractivity contribution is 0.0238. The summed E-state index contributed by atoms with van der Waals surface area (Å²) < 4.78 is 21.9. The smallest absolute Gasteiger partial charge is 0.176 e. The van der Waals surface area contributed by atoms with Crippen molar-refractivity contribution in [3.8, 4) is 0 Å². The molecule has 0 aliphatic heterocycles. The molecule has 0 amide bonds. The Morgan fingerprint density at radius 1 is 1.69 bits per heavy atom. The fraction of sp³-hybridized carbons (Fsp3) is 0.700. The van der Waals surface area contributed by atoms with Gasteiger partial charge >= 0.3 is 0 Å². The highest BCUT2D eigenvalue weighted by molar-refractivity contribution is 9.10. The second-order valence-corrected chi connectivity index (χ2v) is 4.61. The SMILES string of the molecule is COCC(F)(CCCN)c1c(Br)cnn1C. The first-order valence-corrected chi connectivity index (χ1v) is 5.90. The van der Waals surface area contributed by atoms with Crippen LogP contribution in [0.2, 0.25) is 0 Å². The largest absolute Gasteiger partial charge is 0.381 e. The summed E-state index contributed by atoms with van der Waals surface area (Å²) in [5, 5.41) is 4.02. The van der Waals surface area contributed by atoms with Crippen LogP contribution >= 0.6 is 15.9 Å². The average molecular weight is 294 g/mol. The Hall–Kier alpha value is -0.460. The third-order valence-corrected chi connectivity index (χ3v) is 3.05. The highest BCUT2D eigenvalue weighted by Crippen LogP contribution is 2.35. The predicted molar refractivity (Wildman–Crippen MR) is 63.9 cm³/mol. The number of rotatable bonds is 6. The molecule has 2 N–H and O–H groups in total. The fourth-order valence-corrected chi connectivity index (χ4v) is 2.49. The van der Waals surface area contributed by atoms with E-state index in [-0.39, 0.29) is 6.61 Å². The van der Waals surface area contributed by atoms with Gasteiger partial charge in [-0.3, -0.25) is 4.68 Å². The van der Waals surface area contributed by atoms with Crippen LogP contribution in [0.4, 0.5) is 4.39 Å². The molecule has 1 unspecified atom stereocenters. The third-order valence-electron chi connectivity index (χ3n) is 2.47. The van der Waals surface area contributed by atoms with Gasteiger partial charge in [-0.1, -0.05) is 0 Å². The molecule has 0 radical (unpaired) electrons. The highest BCUT2D eigenvalue weighted by atomic mass is 79.9. The van der Waals surface area contributed by atoms with E-state index in [9.17, 15) is 4.39 Å². The molecule has 1 atom stereocenters. The van der Waals surface area contributed by atoms with Crippen LogP contribution in [-0.4, -0.2) is 30.0 Å². The number of hydrogen-bond acceptors (Lipinski definition) is 3. The van der Waals surface area contributed by atoms with E-state index in [4.69, 9.17) is 10.5 Å². The lowest BCUT2D eigenvalue weighted by atomic mass is 9.96. The number of aryl methyl sites for hydroxylation is 1. The average Bonchev–Trinajstić information content (AvgIpc) is 2.56. The summed E-state index contributed by atoms with van der Waals surface area (Å²) in [6.07, 6.45) is 2.52. The van der Waals surface area contributed by atoms with Crippen LogP contribution < -0.4 is 5.73 Å². The number of alkyl halides is 1. The molecule has 92 valence electrons. The normalized spacial score (nSPS) is 15.1. The van der Waals surface area contributed by atoms with Crippen molar-refractivity contribution in [3.05, 3.63) is 16.4 Å². The second-order valence-electron chi connectivity index (χ2n) is 3.76. The Labute approximate surface area is 103 Å². The summed E-state index contributed by atoms with van der Waals surface area (Å²) in [6.45, 7) is 0.468. The maximum absolute atomic E-state index is 14.8. The maximum Gasteiger partial charge on any atom is 0.176 e. The number of ether oxygens (including phenoxy) is 1. The molecule has 0 saturated heterocycles. The van der Waals surface area contributed by atoms with Crippen LogP contribution in [0.1, 0.15) is 18.5 Å². The topological polar surface area (TPSA) is 53.1 Å². The second kappa shape index (κ2) is 5.75. The molecule has 1 aromatic rings. The Morgan fingerprint density at radius 2 is 2.38 bits per heavy atom. The van der Waals surface area contributed by atoms with Gasteiger partial charge < -0.3 is 10.5 Å². The Bertz CT molecular complexity index is 325. The summed E-state index contributed by atoms with van der Waals surface area (Å²) in [7, 11) is 3.20. The Balaban J connectivity index is 3.00. The van der Waals surface area contributed by atoms with Gasteiger partial charge in [0.25, 0.3) is 0 Å². The van der Waals surface area contributed by atoms with Gasteiger partial charge in [-0.25, -0.2) is 4.39 Å². The molecule has 1 rings (SSSR count). The molecule has 0 aromatic carbocycles. The van der Waals surface area contributed by atoms with Crippen molar-refractivity contribution in [1.29, 1.82) is 0 Å². The summed E-state index contributed by atoms with van der Waals surface area (Å²) in [4.78, 5) is 0. The van der Waals surface area contributed by atoms with Crippen molar-refractivity contribution in [2.24, 2.45) is 12.8 Å². The van der Waals surface area contributed by atoms with Crippen molar-refractivity contribution in [2.75, 3.05) is 20.3 Å². The van der Waals surface area contributed by atoms with E-state index < -0.39 is 5.67 Å². The standard InChI is InChI=1S/C10H17BrFN3O/c1-15-9(8(11)6-14-15)10(12,7-16-2)4-3-5-13/h6H,3-5,7,13H2,1-2H3. The molecule has 0 aliphatic rings. The van der Waals surface area contributed by atoms with Crippen LogP contribution in [0.5, 0.6) is 0 Å². The van der Waals surface area contributed by atoms with E-state index in [1.165, 1.54) is 11.8 Å². The minimum absolute atomic E-state index is 0.00509. The molecular formula is C10H17BrFN3O. The Kier molecular flexibility index (Phi) is 4.89. The molecule has 1 heterocycles. The lowest BCUT2D eigenvalue weighted by Gasteiger charge is -2.25. The zero-order valence-corrected chi connectivity index (χ0v) is 11.1. The van der Waals surface area contributed by atoms with E-state index in [0.717, 1.165) is 0 Å². The molecule has 0 fully saturated rings. The van der Waals surface area contributed by atoms with Crippen LogP contribution in [0.15, 0.2) is 10.7 Å². The monoisotopic (exact) mass is 293 g/mol. The lowest BCUT2D eigenvalue weighted by Crippen LogP contribution is -2.30. The van der Waals surface area contributed by atoms with E-state index in [0.29, 0.717) is 29.6 Å². The van der Waals surface area contributed by atoms with Gasteiger partial charge in [-0.2, -0.15) is 5.10 Å². The zero-order valence-electron chi connectivity index (χ0n) is 9.54. The van der Waals surface area contributed by atoms with E-state index in [1.54, 1.807) is 13.2 Å². The van der Waals surface area contributed by atoms with Crippen molar-refractivity contribution in [2.45, 2.75) is 18.5 Å². The zero-order chi connectivity index (χ0) is 12.2. The van der Waals surface area contributed by atoms with Gasteiger partial charge in [0.15, 0.2) is 5.67 Å². The highest BCUT2D eigenvalue weighted by Gasteiger charge is 2.36. The van der Waals surface area contributed by atoms with Gasteiger partial charge in [0, 0.05) is 14.2 Å². The van der Waals surface area contributed by atoms with Crippen LogP contribution in [0.25, 0.3) is 0 Å². The first-order valence-electron chi connectivity index (χ1n) is 5.11. The summed E-state index contributed by atoms with van der Waals surface area (Å²) in [5.74, 6) is 0.